The van der Waals surface area contributed by atoms with Gasteiger partial charge in [-0.3, -0.25) is 4.79 Å². The van der Waals surface area contributed by atoms with Crippen LogP contribution in [0.4, 0.5) is 0 Å². The number of amides is 1. The number of aliphatic hydroxyl groups is 1. The Hall–Kier alpha value is -0.650. The minimum Gasteiger partial charge on any atom is -0.386 e. The van der Waals surface area contributed by atoms with Crippen molar-refractivity contribution in [3.8, 4) is 0 Å². The van der Waals surface area contributed by atoms with E-state index in [1.807, 2.05) is 13.8 Å². The van der Waals surface area contributed by atoms with Crippen LogP contribution in [0.25, 0.3) is 0 Å². The predicted molar refractivity (Wildman–Crippen MR) is 63.3 cm³/mol. The molecular formula is C12H22N2O3. The molecule has 5 nitrogen and oxygen atoms in total. The van der Waals surface area contributed by atoms with Crippen molar-refractivity contribution >= 4 is 5.91 Å². The van der Waals surface area contributed by atoms with Crippen LogP contribution in [0.2, 0.25) is 0 Å². The molecule has 2 unspecified atom stereocenters. The topological polar surface area (TPSA) is 75.8 Å². The van der Waals surface area contributed by atoms with Crippen LogP contribution < -0.4 is 5.73 Å². The van der Waals surface area contributed by atoms with Crippen molar-refractivity contribution in [1.82, 2.24) is 4.90 Å². The first-order valence-electron chi connectivity index (χ1n) is 6.26. The van der Waals surface area contributed by atoms with E-state index >= 15 is 0 Å². The molecule has 2 atom stereocenters. The third-order valence-electron chi connectivity index (χ3n) is 3.98. The molecule has 0 aromatic heterocycles. The molecule has 2 aliphatic heterocycles. The molecule has 0 aliphatic carbocycles. The summed E-state index contributed by atoms with van der Waals surface area (Å²) in [7, 11) is 0. The second-order valence-electron chi connectivity index (χ2n) is 5.67. The van der Waals surface area contributed by atoms with Crippen molar-refractivity contribution < 1.29 is 14.6 Å². The van der Waals surface area contributed by atoms with Gasteiger partial charge in [0.1, 0.15) is 0 Å². The summed E-state index contributed by atoms with van der Waals surface area (Å²) in [6.07, 6.45) is 1.68. The van der Waals surface area contributed by atoms with Gasteiger partial charge in [0.05, 0.1) is 37.3 Å². The van der Waals surface area contributed by atoms with E-state index < -0.39 is 11.0 Å². The number of rotatable bonds is 3. The summed E-state index contributed by atoms with van der Waals surface area (Å²) >= 11 is 0. The van der Waals surface area contributed by atoms with Gasteiger partial charge in [-0.05, 0) is 13.3 Å². The van der Waals surface area contributed by atoms with Gasteiger partial charge in [-0.15, -0.1) is 0 Å². The van der Waals surface area contributed by atoms with Crippen LogP contribution in [0, 0.1) is 5.41 Å². The quantitative estimate of drug-likeness (QED) is 0.714. The zero-order chi connectivity index (χ0) is 12.7. The lowest BCUT2D eigenvalue weighted by Gasteiger charge is -2.49. The molecule has 2 saturated heterocycles. The molecule has 2 heterocycles. The van der Waals surface area contributed by atoms with Crippen molar-refractivity contribution in [2.45, 2.75) is 38.3 Å². The first-order chi connectivity index (χ1) is 7.91. The average molecular weight is 242 g/mol. The van der Waals surface area contributed by atoms with Crippen LogP contribution in [-0.2, 0) is 9.53 Å². The van der Waals surface area contributed by atoms with Crippen molar-refractivity contribution in [2.24, 2.45) is 11.1 Å². The maximum Gasteiger partial charge on any atom is 0.232 e. The van der Waals surface area contributed by atoms with Gasteiger partial charge >= 0.3 is 0 Å². The van der Waals surface area contributed by atoms with Crippen molar-refractivity contribution in [3.63, 3.8) is 0 Å². The molecule has 0 spiro atoms. The van der Waals surface area contributed by atoms with Gasteiger partial charge < -0.3 is 20.5 Å². The Morgan fingerprint density at radius 2 is 2.24 bits per heavy atom. The smallest absolute Gasteiger partial charge is 0.232 e. The number of carbonyl (C=O) groups excluding carboxylic acids is 1. The lowest BCUT2D eigenvalue weighted by atomic mass is 9.80. The van der Waals surface area contributed by atoms with Crippen LogP contribution in [-0.4, -0.2) is 53.9 Å². The molecule has 2 fully saturated rings. The molecule has 0 aromatic rings. The van der Waals surface area contributed by atoms with Gasteiger partial charge in [0.2, 0.25) is 5.91 Å². The predicted octanol–water partition coefficient (Wildman–Crippen LogP) is -0.276. The number of carbonyl (C=O) groups is 1. The van der Waals surface area contributed by atoms with Crippen LogP contribution in [0.15, 0.2) is 0 Å². The van der Waals surface area contributed by atoms with E-state index in [9.17, 15) is 9.90 Å². The summed E-state index contributed by atoms with van der Waals surface area (Å²) < 4.78 is 5.28. The van der Waals surface area contributed by atoms with Crippen molar-refractivity contribution in [2.75, 3.05) is 26.3 Å². The highest BCUT2D eigenvalue weighted by Crippen LogP contribution is 2.34. The second kappa shape index (κ2) is 4.23. The SMILES string of the molecule is CCCC1(O)CN(C(=O)C2(C)COCC2N)C1. The maximum atomic E-state index is 12.3. The molecule has 0 aromatic carbocycles. The Bertz CT molecular complexity index is 315. The summed E-state index contributed by atoms with van der Waals surface area (Å²) in [5, 5.41) is 10.1. The Morgan fingerprint density at radius 1 is 1.59 bits per heavy atom. The number of nitrogens with zero attached hydrogens (tertiary/aromatic N) is 1. The first-order valence-corrected chi connectivity index (χ1v) is 6.26. The van der Waals surface area contributed by atoms with Crippen LogP contribution >= 0.6 is 0 Å². The number of likely N-dealkylation sites (tertiary alicyclic amines) is 1. The minimum atomic E-state index is -0.676. The van der Waals surface area contributed by atoms with Gasteiger partial charge in [0.25, 0.3) is 0 Å². The number of hydrogen-bond acceptors (Lipinski definition) is 4. The highest BCUT2D eigenvalue weighted by Gasteiger charge is 2.52. The third-order valence-corrected chi connectivity index (χ3v) is 3.98. The Kier molecular flexibility index (Phi) is 3.18. The molecule has 0 bridgehead atoms. The summed E-state index contributed by atoms with van der Waals surface area (Å²) in [4.78, 5) is 14.0. The summed E-state index contributed by atoms with van der Waals surface area (Å²) in [6.45, 7) is 5.57. The normalized spacial score (nSPS) is 35.8. The average Bonchev–Trinajstić information content (AvgIpc) is 2.56. The monoisotopic (exact) mass is 242 g/mol. The zero-order valence-corrected chi connectivity index (χ0v) is 10.6. The molecule has 2 rings (SSSR count). The third kappa shape index (κ3) is 2.07. The zero-order valence-electron chi connectivity index (χ0n) is 10.6. The van der Waals surface area contributed by atoms with E-state index in [-0.39, 0.29) is 11.9 Å². The van der Waals surface area contributed by atoms with Gasteiger partial charge in [-0.2, -0.15) is 0 Å². The number of β-amino-alcohol motifs (C(OH)–C–C–N with tert-alkyl or cyclic N) is 1. The number of hydrogen-bond donors (Lipinski definition) is 2. The van der Waals surface area contributed by atoms with Gasteiger partial charge in [-0.25, -0.2) is 0 Å². The van der Waals surface area contributed by atoms with Crippen LogP contribution in [0.3, 0.4) is 0 Å². The van der Waals surface area contributed by atoms with E-state index in [0.717, 1.165) is 12.8 Å². The largest absolute Gasteiger partial charge is 0.386 e. The molecule has 3 N–H and O–H groups in total. The molecule has 1 amide bonds. The minimum absolute atomic E-state index is 0.0169. The molecule has 5 heteroatoms. The Morgan fingerprint density at radius 3 is 2.71 bits per heavy atom. The van der Waals surface area contributed by atoms with E-state index in [0.29, 0.717) is 26.3 Å². The van der Waals surface area contributed by atoms with E-state index in [1.165, 1.54) is 0 Å². The fourth-order valence-corrected chi connectivity index (χ4v) is 2.70. The lowest BCUT2D eigenvalue weighted by Crippen LogP contribution is -2.67. The molecule has 17 heavy (non-hydrogen) atoms. The van der Waals surface area contributed by atoms with E-state index in [4.69, 9.17) is 10.5 Å². The van der Waals surface area contributed by atoms with Crippen LogP contribution in [0.5, 0.6) is 0 Å². The van der Waals surface area contributed by atoms with Crippen molar-refractivity contribution in [1.29, 1.82) is 0 Å². The summed E-state index contributed by atoms with van der Waals surface area (Å²) in [6, 6.07) is -0.241. The fraction of sp³-hybridized carbons (Fsp3) is 0.917. The van der Waals surface area contributed by atoms with Crippen molar-refractivity contribution in [3.05, 3.63) is 0 Å². The second-order valence-corrected chi connectivity index (χ2v) is 5.67. The Balaban J connectivity index is 1.95. The van der Waals surface area contributed by atoms with Crippen LogP contribution in [0.1, 0.15) is 26.7 Å². The molecule has 2 aliphatic rings. The number of nitrogens with two attached hydrogens (primary N) is 1. The first kappa shape index (κ1) is 12.8. The standard InChI is InChI=1S/C12H22N2O3/c1-3-4-12(16)6-14(7-12)10(15)11(2)8-17-5-9(11)13/h9,16H,3-8,13H2,1-2H3. The van der Waals surface area contributed by atoms with Gasteiger partial charge in [0.15, 0.2) is 0 Å². The van der Waals surface area contributed by atoms with Gasteiger partial charge in [-0.1, -0.05) is 13.3 Å². The molecule has 0 saturated carbocycles. The highest BCUT2D eigenvalue weighted by molar-refractivity contribution is 5.84. The van der Waals surface area contributed by atoms with Gasteiger partial charge in [0, 0.05) is 6.04 Å². The highest BCUT2D eigenvalue weighted by atomic mass is 16.5. The van der Waals surface area contributed by atoms with E-state index in [1.54, 1.807) is 4.90 Å². The Labute approximate surface area is 102 Å². The summed E-state index contributed by atoms with van der Waals surface area (Å²) in [5.74, 6) is 0.0169. The molecular weight excluding hydrogens is 220 g/mol. The summed E-state index contributed by atoms with van der Waals surface area (Å²) in [5.41, 5.74) is 4.63. The molecule has 0 radical (unpaired) electrons. The maximum absolute atomic E-state index is 12.3. The van der Waals surface area contributed by atoms with E-state index in [2.05, 4.69) is 0 Å². The molecule has 98 valence electrons. The lowest BCUT2D eigenvalue weighted by molar-refractivity contribution is -0.166. The fourth-order valence-electron chi connectivity index (χ4n) is 2.70. The number of ether oxygens (including phenoxy) is 1.